The highest BCUT2D eigenvalue weighted by atomic mass is 16.5. The minimum absolute atomic E-state index is 0.0442. The normalized spacial score (nSPS) is 24.2. The number of likely N-dealkylation sites (tertiary alicyclic amines) is 2. The smallest absolute Gasteiger partial charge is 0.325 e. The Kier molecular flexibility index (Phi) is 20.0. The topological polar surface area (TPSA) is 212 Å². The fourth-order valence-electron chi connectivity index (χ4n) is 11.9. The molecule has 4 aromatic carbocycles. The monoisotopic (exact) mass is 1120 g/mol. The van der Waals surface area contributed by atoms with E-state index >= 15 is 0 Å². The zero-order valence-corrected chi connectivity index (χ0v) is 48.0. The van der Waals surface area contributed by atoms with Gasteiger partial charge in [-0.1, -0.05) is 163 Å². The van der Waals surface area contributed by atoms with Crippen molar-refractivity contribution in [3.63, 3.8) is 0 Å². The molecule has 10 atom stereocenters. The zero-order chi connectivity index (χ0) is 57.8. The molecule has 2 saturated heterocycles. The number of amides is 7. The maximum Gasteiger partial charge on any atom is 0.325 e. The van der Waals surface area contributed by atoms with Crippen LogP contribution in [-0.4, -0.2) is 121 Å². The summed E-state index contributed by atoms with van der Waals surface area (Å²) in [6, 6.07) is 36.4. The molecular formula is C66H83N7O9. The summed E-state index contributed by atoms with van der Waals surface area (Å²) < 4.78 is 5.25. The number of nitrogens with one attached hydrogen (secondary N) is 5. The van der Waals surface area contributed by atoms with Crippen molar-refractivity contribution in [1.82, 2.24) is 36.4 Å². The average molecular weight is 1120 g/mol. The number of ether oxygens (including phenoxy) is 1. The van der Waals surface area contributed by atoms with Crippen molar-refractivity contribution in [3.8, 4) is 0 Å². The number of hydrogen-bond acceptors (Lipinski definition) is 9. The summed E-state index contributed by atoms with van der Waals surface area (Å²) in [7, 11) is 0. The van der Waals surface area contributed by atoms with Crippen LogP contribution in [0.5, 0.6) is 0 Å². The molecule has 5 aliphatic rings. The Morgan fingerprint density at radius 3 is 1.15 bits per heavy atom. The maximum atomic E-state index is 14.3. The Bertz CT molecular complexity index is 2790. The van der Waals surface area contributed by atoms with E-state index in [-0.39, 0.29) is 110 Å². The molecule has 9 rings (SSSR count). The molecule has 3 saturated carbocycles. The maximum absolute atomic E-state index is 14.3. The van der Waals surface area contributed by atoms with Crippen LogP contribution >= 0.6 is 0 Å². The quantitative estimate of drug-likeness (QED) is 0.0291. The molecule has 82 heavy (non-hydrogen) atoms. The van der Waals surface area contributed by atoms with Crippen LogP contribution in [-0.2, 0) is 33.5 Å². The number of esters is 1. The molecule has 0 bridgehead atoms. The van der Waals surface area contributed by atoms with E-state index in [1.807, 2.05) is 54.6 Å². The van der Waals surface area contributed by atoms with Gasteiger partial charge in [0.25, 0.3) is 11.8 Å². The Hall–Kier alpha value is -7.36. The zero-order valence-electron chi connectivity index (χ0n) is 48.0. The summed E-state index contributed by atoms with van der Waals surface area (Å²) in [5.74, 6) is -4.66. The lowest BCUT2D eigenvalue weighted by Crippen LogP contribution is -2.43. The predicted octanol–water partition coefficient (Wildman–Crippen LogP) is 7.80. The molecular weight excluding hydrogens is 1030 g/mol. The van der Waals surface area contributed by atoms with Crippen molar-refractivity contribution < 1.29 is 43.1 Å². The van der Waals surface area contributed by atoms with Crippen molar-refractivity contribution in [1.29, 1.82) is 0 Å². The van der Waals surface area contributed by atoms with Gasteiger partial charge in [0.05, 0.1) is 30.3 Å². The molecule has 16 heteroatoms. The molecule has 0 aromatic heterocycles. The lowest BCUT2D eigenvalue weighted by atomic mass is 9.94. The molecule has 16 nitrogen and oxygen atoms in total. The van der Waals surface area contributed by atoms with Gasteiger partial charge in [0.1, 0.15) is 6.54 Å². The van der Waals surface area contributed by atoms with Gasteiger partial charge in [0.15, 0.2) is 0 Å². The van der Waals surface area contributed by atoms with Gasteiger partial charge in [-0.2, -0.15) is 0 Å². The fraction of sp³-hybridized carbons (Fsp3) is 0.515. The second-order valence-electron chi connectivity index (χ2n) is 24.5. The highest BCUT2D eigenvalue weighted by Gasteiger charge is 2.50. The predicted molar refractivity (Wildman–Crippen MR) is 312 cm³/mol. The SMILES string of the molecule is CC(C)(C)C(=O)NCC(=O)OCCCCCCCCCCCCNC(=O)[C@@H]1CN(C(=O)c2ccc(C(=O)N3C[C@@H](C(=O)N[C@H]4C[C@@H]4c4ccccc4)[C@H](C(=O)N[C@H]4C[C@@H]4c4ccccc4)C3)cc2)C[C@H]1C(=O)N[C@H]1C[C@@H]1c1ccccc1. The van der Waals surface area contributed by atoms with Gasteiger partial charge in [-0.15, -0.1) is 0 Å². The van der Waals surface area contributed by atoms with Crippen molar-refractivity contribution in [2.24, 2.45) is 29.1 Å². The summed E-state index contributed by atoms with van der Waals surface area (Å²) in [6.45, 7) is 6.37. The Morgan fingerprint density at radius 2 is 0.780 bits per heavy atom. The Balaban J connectivity index is 0.743. The van der Waals surface area contributed by atoms with Gasteiger partial charge in [-0.05, 0) is 73.1 Å². The Morgan fingerprint density at radius 1 is 0.439 bits per heavy atom. The number of unbranched alkanes of at least 4 members (excludes halogenated alkanes) is 9. The molecule has 4 aromatic rings. The van der Waals surface area contributed by atoms with Crippen LogP contribution in [0.15, 0.2) is 115 Å². The van der Waals surface area contributed by atoms with Crippen molar-refractivity contribution in [2.75, 3.05) is 45.9 Å². The lowest BCUT2D eigenvalue weighted by Gasteiger charge is -2.18. The number of hydrogen-bond donors (Lipinski definition) is 5. The van der Waals surface area contributed by atoms with E-state index in [0.29, 0.717) is 24.3 Å². The minimum atomic E-state index is -0.747. The Labute approximate surface area is 483 Å². The molecule has 2 heterocycles. The van der Waals surface area contributed by atoms with Crippen LogP contribution in [0.2, 0.25) is 0 Å². The van der Waals surface area contributed by atoms with E-state index in [1.165, 1.54) is 0 Å². The molecule has 0 unspecified atom stereocenters. The van der Waals surface area contributed by atoms with E-state index < -0.39 is 35.1 Å². The van der Waals surface area contributed by atoms with Gasteiger partial charge in [-0.3, -0.25) is 38.4 Å². The fourth-order valence-corrected chi connectivity index (χ4v) is 11.9. The van der Waals surface area contributed by atoms with Gasteiger partial charge < -0.3 is 41.1 Å². The summed E-state index contributed by atoms with van der Waals surface area (Å²) in [6.07, 6.45) is 12.5. The third-order valence-corrected chi connectivity index (χ3v) is 17.2. The average Bonchev–Trinajstić information content (AvgIpc) is 4.63. The molecule has 7 amide bonds. The van der Waals surface area contributed by atoms with Gasteiger partial charge in [0, 0.05) is 85.1 Å². The van der Waals surface area contributed by atoms with Crippen molar-refractivity contribution in [2.45, 2.75) is 140 Å². The number of rotatable bonds is 27. The van der Waals surface area contributed by atoms with E-state index in [4.69, 9.17) is 4.74 Å². The first-order chi connectivity index (χ1) is 39.6. The van der Waals surface area contributed by atoms with Crippen LogP contribution in [0.4, 0.5) is 0 Å². The van der Waals surface area contributed by atoms with Crippen molar-refractivity contribution >= 4 is 47.3 Å². The first kappa shape index (κ1) is 59.3. The second kappa shape index (κ2) is 27.6. The summed E-state index contributed by atoms with van der Waals surface area (Å²) in [5.41, 5.74) is 3.53. The first-order valence-corrected chi connectivity index (χ1v) is 30.1. The summed E-state index contributed by atoms with van der Waals surface area (Å²) in [5, 5.41) is 15.3. The number of carbonyl (C=O) groups excluding carboxylic acids is 8. The third kappa shape index (κ3) is 16.0. The molecule has 0 spiro atoms. The van der Waals surface area contributed by atoms with E-state index in [0.717, 1.165) is 100 Å². The van der Waals surface area contributed by atoms with Gasteiger partial charge in [0.2, 0.25) is 29.5 Å². The van der Waals surface area contributed by atoms with Crippen LogP contribution in [0.25, 0.3) is 0 Å². The number of nitrogens with zero attached hydrogens (tertiary/aromatic N) is 2. The third-order valence-electron chi connectivity index (χ3n) is 17.2. The summed E-state index contributed by atoms with van der Waals surface area (Å²) >= 11 is 0. The molecule has 2 aliphatic heterocycles. The minimum Gasteiger partial charge on any atom is -0.464 e. The van der Waals surface area contributed by atoms with Crippen LogP contribution in [0.1, 0.15) is 159 Å². The van der Waals surface area contributed by atoms with Crippen LogP contribution in [0.3, 0.4) is 0 Å². The highest BCUT2D eigenvalue weighted by molar-refractivity contribution is 6.00. The lowest BCUT2D eigenvalue weighted by molar-refractivity contribution is -0.144. The van der Waals surface area contributed by atoms with E-state index in [9.17, 15) is 38.4 Å². The highest BCUT2D eigenvalue weighted by Crippen LogP contribution is 2.44. The van der Waals surface area contributed by atoms with E-state index in [1.54, 1.807) is 54.8 Å². The first-order valence-electron chi connectivity index (χ1n) is 30.1. The number of carbonyl (C=O) groups is 8. The van der Waals surface area contributed by atoms with Crippen LogP contribution < -0.4 is 26.6 Å². The largest absolute Gasteiger partial charge is 0.464 e. The van der Waals surface area contributed by atoms with Crippen LogP contribution in [0, 0.1) is 29.1 Å². The molecule has 5 N–H and O–H groups in total. The van der Waals surface area contributed by atoms with Gasteiger partial charge >= 0.3 is 5.97 Å². The summed E-state index contributed by atoms with van der Waals surface area (Å²) in [4.78, 5) is 112. The van der Waals surface area contributed by atoms with Crippen molar-refractivity contribution in [3.05, 3.63) is 143 Å². The standard InChI is InChI=1S/C66H83N7O9/c1-66(2,3)65(81)68-38-58(74)82-34-22-11-9-7-5-4-6-8-10-21-33-67-59(75)51-39-72(40-52(51)60(76)69-55-35-48(55)43-23-15-12-16-24-43)63(79)46-29-31-47(32-30-46)64(80)73-41-53(61(77)70-56-36-49(56)44-25-17-13-18-26-44)54(42-73)62(78)71-57-37-50(57)45-27-19-14-20-28-45/h12-20,23-32,48-57H,4-11,21-22,33-42H2,1-3H3,(H,67,75)(H,68,81)(H,69,76)(H,70,77)(H,71,78)/t48-,49-,50-,51-,52-,53-,54-,55+,56+,57+/m1/s1. The van der Waals surface area contributed by atoms with E-state index in [2.05, 4.69) is 63.0 Å². The van der Waals surface area contributed by atoms with Gasteiger partial charge in [-0.25, -0.2) is 0 Å². The number of benzene rings is 4. The molecule has 0 radical (unpaired) electrons. The molecule has 436 valence electrons. The second-order valence-corrected chi connectivity index (χ2v) is 24.5. The molecule has 3 aliphatic carbocycles. The molecule has 5 fully saturated rings.